The first-order chi connectivity index (χ1) is 7.94. The van der Waals surface area contributed by atoms with Gasteiger partial charge in [-0.1, -0.05) is 0 Å². The van der Waals surface area contributed by atoms with E-state index >= 15 is 0 Å². The molecule has 8 heteroatoms. The van der Waals surface area contributed by atoms with Crippen LogP contribution in [0.1, 0.15) is 11.3 Å². The summed E-state index contributed by atoms with van der Waals surface area (Å²) in [6.07, 6.45) is 1.97. The van der Waals surface area contributed by atoms with Crippen LogP contribution in [0.3, 0.4) is 0 Å². The second-order valence-corrected chi connectivity index (χ2v) is 7.81. The number of amides is 1. The van der Waals surface area contributed by atoms with Crippen LogP contribution in [0, 0.1) is 5.92 Å². The van der Waals surface area contributed by atoms with Gasteiger partial charge in [0.1, 0.15) is 0 Å². The Hall–Kier alpha value is -0.660. The van der Waals surface area contributed by atoms with Gasteiger partial charge in [0.05, 0.1) is 17.8 Å². The molecule has 0 bridgehead atoms. The number of hydrogen-bond donors (Lipinski definition) is 0. The van der Waals surface area contributed by atoms with Crippen molar-refractivity contribution in [2.24, 2.45) is 5.92 Å². The minimum atomic E-state index is -3.53. The highest BCUT2D eigenvalue weighted by molar-refractivity contribution is 8.13. The summed E-state index contributed by atoms with van der Waals surface area (Å²) in [6.45, 7) is 0.949. The molecule has 1 aromatic rings. The highest BCUT2D eigenvalue weighted by Gasteiger charge is 2.32. The molecule has 1 fully saturated rings. The minimum absolute atomic E-state index is 0.0243. The van der Waals surface area contributed by atoms with Gasteiger partial charge in [-0.15, -0.1) is 11.3 Å². The maximum Gasteiger partial charge on any atom is 0.232 e. The number of rotatable bonds is 4. The number of likely N-dealkylation sites (tertiary alicyclic amines) is 1. The first kappa shape index (κ1) is 12.8. The Balaban J connectivity index is 1.96. The molecule has 0 aliphatic carbocycles. The molecule has 94 valence electrons. The quantitative estimate of drug-likeness (QED) is 0.779. The molecule has 1 aromatic heterocycles. The largest absolute Gasteiger partial charge is 0.337 e. The van der Waals surface area contributed by atoms with Crippen LogP contribution in [0.4, 0.5) is 0 Å². The molecule has 1 atom stereocenters. The maximum atomic E-state index is 11.7. The lowest BCUT2D eigenvalue weighted by Crippen LogP contribution is -2.24. The lowest BCUT2D eigenvalue weighted by molar-refractivity contribution is -0.128. The third-order valence-electron chi connectivity index (χ3n) is 2.56. The van der Waals surface area contributed by atoms with Crippen molar-refractivity contribution in [3.05, 3.63) is 16.6 Å². The Morgan fingerprint density at radius 1 is 1.59 bits per heavy atom. The zero-order valence-electron chi connectivity index (χ0n) is 8.87. The standard InChI is InChI=1S/C9H11ClN2O3S2/c10-17(14,15)5-7-1-9(13)12(3-7)4-8-2-11-6-16-8/h2,6-7H,1,3-5H2. The summed E-state index contributed by atoms with van der Waals surface area (Å²) in [4.78, 5) is 18.2. The molecule has 1 saturated heterocycles. The van der Waals surface area contributed by atoms with Crippen molar-refractivity contribution in [3.8, 4) is 0 Å². The molecule has 2 heterocycles. The van der Waals surface area contributed by atoms with Gasteiger partial charge in [-0.05, 0) is 0 Å². The normalized spacial score (nSPS) is 21.1. The lowest BCUT2D eigenvalue weighted by Gasteiger charge is -2.14. The Bertz CT molecular complexity index is 500. The third kappa shape index (κ3) is 3.65. The molecule has 1 amide bonds. The van der Waals surface area contributed by atoms with Crippen molar-refractivity contribution in [1.29, 1.82) is 0 Å². The molecule has 0 radical (unpaired) electrons. The van der Waals surface area contributed by atoms with E-state index in [0.717, 1.165) is 4.88 Å². The molecular formula is C9H11ClN2O3S2. The monoisotopic (exact) mass is 294 g/mol. The van der Waals surface area contributed by atoms with Gasteiger partial charge in [0.25, 0.3) is 0 Å². The summed E-state index contributed by atoms with van der Waals surface area (Å²) in [5.74, 6) is -0.360. The van der Waals surface area contributed by atoms with E-state index in [4.69, 9.17) is 10.7 Å². The van der Waals surface area contributed by atoms with Crippen molar-refractivity contribution < 1.29 is 13.2 Å². The van der Waals surface area contributed by atoms with Crippen LogP contribution in [0.5, 0.6) is 0 Å². The Labute approximate surface area is 108 Å². The SMILES string of the molecule is O=C1CC(CS(=O)(=O)Cl)CN1Cc1cncs1. The molecule has 0 N–H and O–H groups in total. The van der Waals surface area contributed by atoms with E-state index in [1.54, 1.807) is 16.6 Å². The molecule has 1 aliphatic heterocycles. The summed E-state index contributed by atoms with van der Waals surface area (Å²) >= 11 is 1.48. The van der Waals surface area contributed by atoms with Crippen molar-refractivity contribution in [2.45, 2.75) is 13.0 Å². The van der Waals surface area contributed by atoms with Crippen molar-refractivity contribution >= 4 is 37.0 Å². The number of carbonyl (C=O) groups is 1. The molecule has 0 aromatic carbocycles. The number of nitrogens with zero attached hydrogens (tertiary/aromatic N) is 2. The fourth-order valence-electron chi connectivity index (χ4n) is 1.91. The van der Waals surface area contributed by atoms with Gasteiger partial charge in [-0.3, -0.25) is 9.78 Å². The third-order valence-corrected chi connectivity index (χ3v) is 4.57. The zero-order valence-corrected chi connectivity index (χ0v) is 11.3. The van der Waals surface area contributed by atoms with Gasteiger partial charge in [-0.2, -0.15) is 0 Å². The predicted molar refractivity (Wildman–Crippen MR) is 65.3 cm³/mol. The Morgan fingerprint density at radius 3 is 2.94 bits per heavy atom. The second kappa shape index (κ2) is 4.91. The van der Waals surface area contributed by atoms with Crippen LogP contribution < -0.4 is 0 Å². The van der Waals surface area contributed by atoms with Gasteiger partial charge < -0.3 is 4.90 Å². The van der Waals surface area contributed by atoms with Crippen molar-refractivity contribution in [3.63, 3.8) is 0 Å². The number of thiazole rings is 1. The number of hydrogen-bond acceptors (Lipinski definition) is 5. The second-order valence-electron chi connectivity index (χ2n) is 4.02. The molecular weight excluding hydrogens is 284 g/mol. The van der Waals surface area contributed by atoms with Crippen LogP contribution in [0.15, 0.2) is 11.7 Å². The van der Waals surface area contributed by atoms with E-state index in [1.165, 1.54) is 11.3 Å². The Morgan fingerprint density at radius 2 is 2.35 bits per heavy atom. The summed E-state index contributed by atoms with van der Waals surface area (Å²) in [5.41, 5.74) is 1.70. The molecule has 0 spiro atoms. The van der Waals surface area contributed by atoms with Crippen LogP contribution in [0.2, 0.25) is 0 Å². The van der Waals surface area contributed by atoms with Gasteiger partial charge in [0.15, 0.2) is 0 Å². The molecule has 1 aliphatic rings. The van der Waals surface area contributed by atoms with Gasteiger partial charge >= 0.3 is 0 Å². The number of halogens is 1. The van der Waals surface area contributed by atoms with Crippen LogP contribution in [0.25, 0.3) is 0 Å². The summed E-state index contributed by atoms with van der Waals surface area (Å²) in [7, 11) is 1.65. The van der Waals surface area contributed by atoms with E-state index in [9.17, 15) is 13.2 Å². The maximum absolute atomic E-state index is 11.7. The van der Waals surface area contributed by atoms with E-state index in [-0.39, 0.29) is 24.0 Å². The summed E-state index contributed by atoms with van der Waals surface area (Å²) in [6, 6.07) is 0. The average Bonchev–Trinajstić information content (AvgIpc) is 2.75. The molecule has 5 nitrogen and oxygen atoms in total. The molecule has 0 saturated carbocycles. The fourth-order valence-corrected chi connectivity index (χ4v) is 3.84. The highest BCUT2D eigenvalue weighted by Crippen LogP contribution is 2.23. The molecule has 2 rings (SSSR count). The first-order valence-electron chi connectivity index (χ1n) is 5.01. The topological polar surface area (TPSA) is 67.3 Å². The van der Waals surface area contributed by atoms with Gasteiger partial charge in [0.2, 0.25) is 15.0 Å². The fraction of sp³-hybridized carbons (Fsp3) is 0.556. The average molecular weight is 295 g/mol. The first-order valence-corrected chi connectivity index (χ1v) is 8.37. The molecule has 17 heavy (non-hydrogen) atoms. The van der Waals surface area contributed by atoms with Crippen molar-refractivity contribution in [1.82, 2.24) is 9.88 Å². The Kier molecular flexibility index (Phi) is 3.70. The smallest absolute Gasteiger partial charge is 0.232 e. The number of aromatic nitrogens is 1. The lowest BCUT2D eigenvalue weighted by atomic mass is 10.1. The number of carbonyl (C=O) groups excluding carboxylic acids is 1. The van der Waals surface area contributed by atoms with Crippen molar-refractivity contribution in [2.75, 3.05) is 12.3 Å². The van der Waals surface area contributed by atoms with Gasteiger partial charge in [-0.25, -0.2) is 8.42 Å². The van der Waals surface area contributed by atoms with E-state index in [1.807, 2.05) is 0 Å². The molecule has 1 unspecified atom stereocenters. The van der Waals surface area contributed by atoms with Crippen LogP contribution in [-0.2, 0) is 20.4 Å². The van der Waals surface area contributed by atoms with Crippen LogP contribution >= 0.6 is 22.0 Å². The summed E-state index contributed by atoms with van der Waals surface area (Å²) in [5, 5.41) is 0. The summed E-state index contributed by atoms with van der Waals surface area (Å²) < 4.78 is 21.9. The van der Waals surface area contributed by atoms with Crippen LogP contribution in [-0.4, -0.2) is 36.5 Å². The minimum Gasteiger partial charge on any atom is -0.337 e. The van der Waals surface area contributed by atoms with E-state index < -0.39 is 9.05 Å². The predicted octanol–water partition coefficient (Wildman–Crippen LogP) is 1.06. The van der Waals surface area contributed by atoms with Gasteiger partial charge in [0, 0.05) is 40.6 Å². The van der Waals surface area contributed by atoms with E-state index in [0.29, 0.717) is 13.1 Å². The van der Waals surface area contributed by atoms with E-state index in [2.05, 4.69) is 4.98 Å². The zero-order chi connectivity index (χ0) is 12.5. The highest BCUT2D eigenvalue weighted by atomic mass is 35.7.